The van der Waals surface area contributed by atoms with E-state index in [1.807, 2.05) is 6.92 Å². The van der Waals surface area contributed by atoms with Crippen molar-refractivity contribution in [1.82, 2.24) is 10.3 Å². The molecule has 0 bridgehead atoms. The summed E-state index contributed by atoms with van der Waals surface area (Å²) in [4.78, 5) is 0. The molecule has 0 atom stereocenters. The van der Waals surface area contributed by atoms with Gasteiger partial charge in [-0.05, 0) is 6.92 Å². The minimum absolute atomic E-state index is 0.593. The van der Waals surface area contributed by atoms with Gasteiger partial charge in [-0.2, -0.15) is 12.6 Å². The van der Waals surface area contributed by atoms with E-state index in [0.29, 0.717) is 5.75 Å². The molecule has 4 heteroatoms. The zero-order chi connectivity index (χ0) is 5.98. The Morgan fingerprint density at radius 2 is 2.38 bits per heavy atom. The lowest BCUT2D eigenvalue weighted by atomic mass is 10.4. The molecular weight excluding hydrogens is 124 g/mol. The Morgan fingerprint density at radius 1 is 1.62 bits per heavy atom. The van der Waals surface area contributed by atoms with E-state index < -0.39 is 0 Å². The van der Waals surface area contributed by atoms with E-state index >= 15 is 0 Å². The van der Waals surface area contributed by atoms with Gasteiger partial charge in [0.15, 0.2) is 0 Å². The highest BCUT2D eigenvalue weighted by Crippen LogP contribution is 2.01. The first-order chi connectivity index (χ1) is 3.84. The Labute approximate surface area is 52.5 Å². The SMILES string of the molecule is Cc1nonc1CS. The molecule has 1 heterocycles. The van der Waals surface area contributed by atoms with Crippen LogP contribution in [0.25, 0.3) is 0 Å². The van der Waals surface area contributed by atoms with Crippen molar-refractivity contribution in [2.45, 2.75) is 12.7 Å². The van der Waals surface area contributed by atoms with Crippen LogP contribution >= 0.6 is 12.6 Å². The second-order valence-corrected chi connectivity index (χ2v) is 1.77. The first-order valence-electron chi connectivity index (χ1n) is 2.23. The van der Waals surface area contributed by atoms with Crippen molar-refractivity contribution in [3.8, 4) is 0 Å². The molecule has 8 heavy (non-hydrogen) atoms. The van der Waals surface area contributed by atoms with Crippen LogP contribution in [0.4, 0.5) is 0 Å². The molecular formula is C4H6N2OS. The number of hydrogen-bond acceptors (Lipinski definition) is 4. The van der Waals surface area contributed by atoms with Crippen LogP contribution in [0.5, 0.6) is 0 Å². The summed E-state index contributed by atoms with van der Waals surface area (Å²) in [5, 5.41) is 7.12. The Kier molecular flexibility index (Phi) is 1.53. The van der Waals surface area contributed by atoms with Gasteiger partial charge < -0.3 is 0 Å². The number of aromatic nitrogens is 2. The monoisotopic (exact) mass is 130 g/mol. The molecule has 1 aromatic heterocycles. The highest BCUT2D eigenvalue weighted by molar-refractivity contribution is 7.79. The molecule has 0 saturated heterocycles. The molecule has 0 radical (unpaired) electrons. The summed E-state index contributed by atoms with van der Waals surface area (Å²) in [5.74, 6) is 0.593. The molecule has 1 aromatic rings. The molecule has 0 aliphatic carbocycles. The molecule has 0 unspecified atom stereocenters. The van der Waals surface area contributed by atoms with Crippen molar-refractivity contribution in [2.75, 3.05) is 0 Å². The standard InChI is InChI=1S/C4H6N2OS/c1-3-4(2-8)6-7-5-3/h8H,2H2,1H3. The van der Waals surface area contributed by atoms with Crippen LogP contribution in [0.15, 0.2) is 4.63 Å². The van der Waals surface area contributed by atoms with Crippen LogP contribution in [0.1, 0.15) is 11.4 Å². The second kappa shape index (κ2) is 2.17. The highest BCUT2D eigenvalue weighted by atomic mass is 32.1. The maximum absolute atomic E-state index is 4.39. The number of rotatable bonds is 1. The minimum Gasteiger partial charge on any atom is -0.244 e. The van der Waals surface area contributed by atoms with Gasteiger partial charge in [0.25, 0.3) is 0 Å². The topological polar surface area (TPSA) is 38.9 Å². The van der Waals surface area contributed by atoms with Gasteiger partial charge in [-0.25, -0.2) is 4.63 Å². The number of nitrogens with zero attached hydrogens (tertiary/aromatic N) is 2. The molecule has 44 valence electrons. The summed E-state index contributed by atoms with van der Waals surface area (Å²) in [6.45, 7) is 1.84. The van der Waals surface area contributed by atoms with Gasteiger partial charge in [0, 0.05) is 5.75 Å². The Morgan fingerprint density at radius 3 is 2.62 bits per heavy atom. The third-order valence-corrected chi connectivity index (χ3v) is 1.20. The van der Waals surface area contributed by atoms with E-state index in [1.54, 1.807) is 0 Å². The number of thiol groups is 1. The van der Waals surface area contributed by atoms with Crippen molar-refractivity contribution in [1.29, 1.82) is 0 Å². The van der Waals surface area contributed by atoms with Crippen molar-refractivity contribution >= 4 is 12.6 Å². The summed E-state index contributed by atoms with van der Waals surface area (Å²) in [6, 6.07) is 0. The largest absolute Gasteiger partial charge is 0.244 e. The normalized spacial score (nSPS) is 9.75. The van der Waals surface area contributed by atoms with Gasteiger partial charge in [-0.1, -0.05) is 10.3 Å². The highest BCUT2D eigenvalue weighted by Gasteiger charge is 1.99. The molecule has 0 aliphatic rings. The summed E-state index contributed by atoms with van der Waals surface area (Å²) >= 11 is 3.98. The molecule has 0 fully saturated rings. The lowest BCUT2D eigenvalue weighted by Crippen LogP contribution is -1.79. The molecule has 0 spiro atoms. The maximum atomic E-state index is 4.39. The molecule has 0 aromatic carbocycles. The third-order valence-electron chi connectivity index (χ3n) is 0.896. The Hall–Kier alpha value is -0.510. The van der Waals surface area contributed by atoms with Gasteiger partial charge in [-0.15, -0.1) is 0 Å². The molecule has 1 rings (SSSR count). The molecule has 0 N–H and O–H groups in total. The van der Waals surface area contributed by atoms with Gasteiger partial charge >= 0.3 is 0 Å². The fourth-order valence-corrected chi connectivity index (χ4v) is 0.680. The Balaban J connectivity index is 2.92. The zero-order valence-electron chi connectivity index (χ0n) is 4.46. The predicted octanol–water partition coefficient (Wildman–Crippen LogP) is 0.808. The number of aryl methyl sites for hydroxylation is 1. The van der Waals surface area contributed by atoms with E-state index in [1.165, 1.54) is 0 Å². The van der Waals surface area contributed by atoms with Crippen molar-refractivity contribution in [3.63, 3.8) is 0 Å². The average molecular weight is 130 g/mol. The van der Waals surface area contributed by atoms with Gasteiger partial charge in [0.1, 0.15) is 11.4 Å². The van der Waals surface area contributed by atoms with Gasteiger partial charge in [-0.3, -0.25) is 0 Å². The first-order valence-corrected chi connectivity index (χ1v) is 2.86. The second-order valence-electron chi connectivity index (χ2n) is 1.45. The molecule has 0 aliphatic heterocycles. The van der Waals surface area contributed by atoms with Crippen LogP contribution in [-0.4, -0.2) is 10.3 Å². The number of hydrogen-bond donors (Lipinski definition) is 1. The first kappa shape index (κ1) is 5.62. The summed E-state index contributed by atoms with van der Waals surface area (Å²) < 4.78 is 4.39. The van der Waals surface area contributed by atoms with E-state index in [4.69, 9.17) is 0 Å². The van der Waals surface area contributed by atoms with E-state index in [9.17, 15) is 0 Å². The van der Waals surface area contributed by atoms with Crippen LogP contribution < -0.4 is 0 Å². The Bertz CT molecular complexity index is 174. The van der Waals surface area contributed by atoms with Crippen LogP contribution in [0.2, 0.25) is 0 Å². The van der Waals surface area contributed by atoms with E-state index in [0.717, 1.165) is 11.4 Å². The molecule has 0 saturated carbocycles. The smallest absolute Gasteiger partial charge is 0.117 e. The minimum atomic E-state index is 0.593. The quantitative estimate of drug-likeness (QED) is 0.572. The molecule has 3 nitrogen and oxygen atoms in total. The maximum Gasteiger partial charge on any atom is 0.117 e. The van der Waals surface area contributed by atoms with Crippen LogP contribution in [-0.2, 0) is 5.75 Å². The van der Waals surface area contributed by atoms with Crippen molar-refractivity contribution < 1.29 is 4.63 Å². The average Bonchev–Trinajstić information content (AvgIpc) is 2.14. The van der Waals surface area contributed by atoms with Crippen molar-refractivity contribution in [3.05, 3.63) is 11.4 Å². The fourth-order valence-electron chi connectivity index (χ4n) is 0.393. The lowest BCUT2D eigenvalue weighted by Gasteiger charge is -1.79. The summed E-state index contributed by atoms with van der Waals surface area (Å²) in [7, 11) is 0. The summed E-state index contributed by atoms with van der Waals surface area (Å²) in [5.41, 5.74) is 1.63. The van der Waals surface area contributed by atoms with Gasteiger partial charge in [0.05, 0.1) is 0 Å². The predicted molar refractivity (Wildman–Crippen MR) is 31.7 cm³/mol. The van der Waals surface area contributed by atoms with Crippen molar-refractivity contribution in [2.24, 2.45) is 0 Å². The van der Waals surface area contributed by atoms with Crippen LogP contribution in [0, 0.1) is 6.92 Å². The van der Waals surface area contributed by atoms with Gasteiger partial charge in [0.2, 0.25) is 0 Å². The van der Waals surface area contributed by atoms with Crippen LogP contribution in [0.3, 0.4) is 0 Å². The molecule has 0 amide bonds. The zero-order valence-corrected chi connectivity index (χ0v) is 5.35. The van der Waals surface area contributed by atoms with E-state index in [-0.39, 0.29) is 0 Å². The fraction of sp³-hybridized carbons (Fsp3) is 0.500. The lowest BCUT2D eigenvalue weighted by molar-refractivity contribution is 0.302. The third kappa shape index (κ3) is 0.838. The van der Waals surface area contributed by atoms with E-state index in [2.05, 4.69) is 27.6 Å². The summed E-state index contributed by atoms with van der Waals surface area (Å²) in [6.07, 6.45) is 0.